The number of nitrogens with one attached hydrogen (secondary N) is 1. The Balaban J connectivity index is 1.47. The first-order valence-electron chi connectivity index (χ1n) is 16.0. The fraction of sp³-hybridized carbons (Fsp3) is 0.471. The Kier molecular flexibility index (Phi) is 9.21. The van der Waals surface area contributed by atoms with E-state index in [1.165, 1.54) is 13.4 Å². The number of carbonyl (C=O) groups is 2. The molecule has 2 saturated heterocycles. The second kappa shape index (κ2) is 13.0. The van der Waals surface area contributed by atoms with Crippen molar-refractivity contribution < 1.29 is 32.7 Å². The monoisotopic (exact) mass is 723 g/mol. The van der Waals surface area contributed by atoms with Crippen LogP contribution < -0.4 is 15.0 Å². The molecule has 1 unspecified atom stereocenters. The molecule has 0 spiro atoms. The van der Waals surface area contributed by atoms with Gasteiger partial charge in [0.15, 0.2) is 11.6 Å². The molecule has 3 atom stereocenters. The maximum Gasteiger partial charge on any atom is 0.412 e. The van der Waals surface area contributed by atoms with E-state index in [1.807, 2.05) is 25.7 Å². The number of methoxy groups -OCH3 is 1. The highest BCUT2D eigenvalue weighted by Gasteiger charge is 2.45. The summed E-state index contributed by atoms with van der Waals surface area (Å²) in [4.78, 5) is 43.1. The quantitative estimate of drug-likeness (QED) is 0.174. The summed E-state index contributed by atoms with van der Waals surface area (Å²) in [6.45, 7) is 11.4. The molecule has 0 radical (unpaired) electrons. The number of anilines is 2. The van der Waals surface area contributed by atoms with E-state index >= 15 is 4.39 Å². The molecule has 16 heteroatoms. The minimum atomic E-state index is -1.69. The van der Waals surface area contributed by atoms with E-state index in [4.69, 9.17) is 14.2 Å². The number of hydrogen-bond donors (Lipinski definition) is 1. The highest BCUT2D eigenvalue weighted by atomic mass is 32.2. The summed E-state index contributed by atoms with van der Waals surface area (Å²) in [6, 6.07) is 6.85. The summed E-state index contributed by atoms with van der Waals surface area (Å²) < 4.78 is 47.2. The lowest BCUT2D eigenvalue weighted by atomic mass is 10.0. The van der Waals surface area contributed by atoms with Crippen molar-refractivity contribution in [3.8, 4) is 23.2 Å². The van der Waals surface area contributed by atoms with Crippen LogP contribution in [0.15, 0.2) is 23.4 Å². The van der Waals surface area contributed by atoms with Crippen molar-refractivity contribution in [3.63, 3.8) is 0 Å². The average molecular weight is 724 g/mol. The molecule has 264 valence electrons. The molecule has 2 bridgehead atoms. The van der Waals surface area contributed by atoms with Gasteiger partial charge in [0, 0.05) is 39.9 Å². The normalized spacial score (nSPS) is 18.3. The van der Waals surface area contributed by atoms with E-state index in [2.05, 4.69) is 26.3 Å². The first-order valence-corrected chi connectivity index (χ1v) is 18.4. The number of fused-ring (bicyclic) bond motifs is 4. The molecular formula is C34H38FN7O6S2. The summed E-state index contributed by atoms with van der Waals surface area (Å²) in [5.74, 6) is -0.499. The van der Waals surface area contributed by atoms with Gasteiger partial charge in [-0.1, -0.05) is 12.1 Å². The minimum absolute atomic E-state index is 0.0274. The van der Waals surface area contributed by atoms with E-state index in [1.54, 1.807) is 43.9 Å². The van der Waals surface area contributed by atoms with Crippen LogP contribution >= 0.6 is 11.3 Å². The van der Waals surface area contributed by atoms with Crippen molar-refractivity contribution in [2.24, 2.45) is 0 Å². The second-order valence-electron chi connectivity index (χ2n) is 14.2. The molecule has 2 aliphatic heterocycles. The number of piperazine rings is 1. The zero-order valence-electron chi connectivity index (χ0n) is 29.0. The topological polar surface area (TPSA) is 166 Å². The molecule has 13 nitrogen and oxygen atoms in total. The van der Waals surface area contributed by atoms with Crippen molar-refractivity contribution in [3.05, 3.63) is 29.6 Å². The van der Waals surface area contributed by atoms with Crippen LogP contribution in [0.1, 0.15) is 59.9 Å². The molecule has 4 aromatic rings. The molecule has 0 saturated carbocycles. The largest absolute Gasteiger partial charge is 0.609 e. The van der Waals surface area contributed by atoms with Crippen molar-refractivity contribution in [2.45, 2.75) is 82.8 Å². The Morgan fingerprint density at radius 3 is 2.30 bits per heavy atom. The Morgan fingerprint density at radius 1 is 1.06 bits per heavy atom. The number of aromatic nitrogens is 3. The maximum absolute atomic E-state index is 17.0. The van der Waals surface area contributed by atoms with Crippen LogP contribution in [-0.2, 0) is 20.6 Å². The number of hydrogen-bond acceptors (Lipinski definition) is 12. The number of thiophene rings is 1. The number of amides is 2. The lowest BCUT2D eigenvalue weighted by molar-refractivity contribution is 0.0122. The second-order valence-corrected chi connectivity index (χ2v) is 16.5. The van der Waals surface area contributed by atoms with Gasteiger partial charge in [0.1, 0.15) is 45.1 Å². The molecule has 2 aliphatic rings. The van der Waals surface area contributed by atoms with Crippen molar-refractivity contribution >= 4 is 66.5 Å². The van der Waals surface area contributed by atoms with Gasteiger partial charge >= 0.3 is 17.3 Å². The van der Waals surface area contributed by atoms with Crippen LogP contribution in [0.4, 0.5) is 24.8 Å². The zero-order valence-corrected chi connectivity index (χ0v) is 30.7. The smallest absolute Gasteiger partial charge is 0.412 e. The zero-order chi connectivity index (χ0) is 36.3. The van der Waals surface area contributed by atoms with Crippen LogP contribution in [0.25, 0.3) is 32.2 Å². The Morgan fingerprint density at radius 2 is 1.72 bits per heavy atom. The Labute approximate surface area is 295 Å². The third kappa shape index (κ3) is 6.69. The number of nitrogens with zero attached hydrogens (tertiary/aromatic N) is 6. The molecule has 0 aliphatic carbocycles. The predicted octanol–water partition coefficient (Wildman–Crippen LogP) is 6.60. The van der Waals surface area contributed by atoms with Gasteiger partial charge in [-0.2, -0.15) is 15.2 Å². The van der Waals surface area contributed by atoms with Crippen molar-refractivity contribution in [2.75, 3.05) is 36.7 Å². The highest BCUT2D eigenvalue weighted by molar-refractivity contribution is 7.90. The standard InChI is InChI=1S/C34H38FN7O6S2/c1-33(2,3)47-31(43)40-29-20(14-36)22-19(10-9-11-21(22)49-29)25-24(35)26-23(28(37-25)46-7)27(39-30(38-26)50(8)45)41-15-17-12-13-18(16-41)42(17)32(44)48-34(4,5)6/h9-11,17-18H,12-13,15-16H2,1-8H3,(H,40,43)/t17-,18+,50?. The van der Waals surface area contributed by atoms with Gasteiger partial charge in [-0.15, -0.1) is 11.3 Å². The fourth-order valence-electron chi connectivity index (χ4n) is 6.41. The summed E-state index contributed by atoms with van der Waals surface area (Å²) in [7, 11) is 1.40. The van der Waals surface area contributed by atoms with Gasteiger partial charge in [-0.25, -0.2) is 19.0 Å². The number of nitriles is 1. The van der Waals surface area contributed by atoms with Gasteiger partial charge in [0.25, 0.3) is 0 Å². The maximum atomic E-state index is 17.0. The predicted molar refractivity (Wildman–Crippen MR) is 189 cm³/mol. The number of rotatable bonds is 5. The van der Waals surface area contributed by atoms with Gasteiger partial charge in [-0.3, -0.25) is 10.2 Å². The third-order valence-electron chi connectivity index (χ3n) is 8.25. The molecule has 1 aromatic carbocycles. The number of pyridine rings is 1. The first-order chi connectivity index (χ1) is 23.5. The number of ether oxygens (including phenoxy) is 3. The van der Waals surface area contributed by atoms with Gasteiger partial charge in [-0.05, 0) is 60.5 Å². The van der Waals surface area contributed by atoms with E-state index in [0.29, 0.717) is 29.0 Å². The van der Waals surface area contributed by atoms with E-state index in [-0.39, 0.29) is 61.9 Å². The van der Waals surface area contributed by atoms with Gasteiger partial charge in [0.2, 0.25) is 5.88 Å². The summed E-state index contributed by atoms with van der Waals surface area (Å²) in [5.41, 5.74) is -1.33. The summed E-state index contributed by atoms with van der Waals surface area (Å²) in [6.07, 6.45) is 1.80. The highest BCUT2D eigenvalue weighted by Crippen LogP contribution is 2.45. The van der Waals surface area contributed by atoms with Crippen molar-refractivity contribution in [1.82, 2.24) is 19.9 Å². The van der Waals surface area contributed by atoms with Crippen LogP contribution in [0, 0.1) is 17.1 Å². The number of carbonyl (C=O) groups excluding carboxylic acids is 2. The van der Waals surface area contributed by atoms with E-state index < -0.39 is 34.3 Å². The first kappa shape index (κ1) is 35.4. The molecular weight excluding hydrogens is 686 g/mol. The van der Waals surface area contributed by atoms with Gasteiger partial charge < -0.3 is 23.7 Å². The molecule has 2 fully saturated rings. The van der Waals surface area contributed by atoms with Crippen LogP contribution in [0.5, 0.6) is 5.88 Å². The summed E-state index contributed by atoms with van der Waals surface area (Å²) >= 11 is -0.543. The average Bonchev–Trinajstić information content (AvgIpc) is 3.51. The molecule has 2 amide bonds. The van der Waals surface area contributed by atoms with Gasteiger partial charge in [0.05, 0.1) is 24.8 Å². The fourth-order valence-corrected chi connectivity index (χ4v) is 7.91. The minimum Gasteiger partial charge on any atom is -0.609 e. The molecule has 1 N–H and O–H groups in total. The Bertz CT molecular complexity index is 2040. The molecule has 50 heavy (non-hydrogen) atoms. The lowest BCUT2D eigenvalue weighted by Gasteiger charge is -2.42. The molecule has 5 heterocycles. The lowest BCUT2D eigenvalue weighted by Crippen LogP contribution is -2.57. The number of benzene rings is 1. The van der Waals surface area contributed by atoms with Crippen LogP contribution in [0.3, 0.4) is 0 Å². The third-order valence-corrected chi connectivity index (χ3v) is 10.0. The van der Waals surface area contributed by atoms with E-state index in [9.17, 15) is 19.4 Å². The Hall–Kier alpha value is -4.46. The molecule has 3 aromatic heterocycles. The SMILES string of the molecule is COc1nc(-c2cccc3sc(NC(=O)OC(C)(C)C)c(C#N)c23)c(F)c2nc([S+](C)[O-])nc(N3C[C@H]4CC[C@@H](C3)N4C(=O)OC(C)(C)C)c12. The van der Waals surface area contributed by atoms with E-state index in [0.717, 1.165) is 24.2 Å². The van der Waals surface area contributed by atoms with Crippen LogP contribution in [-0.4, -0.2) is 86.3 Å². The summed E-state index contributed by atoms with van der Waals surface area (Å²) in [5, 5.41) is 13.6. The number of halogens is 1. The van der Waals surface area contributed by atoms with Crippen LogP contribution in [0.2, 0.25) is 0 Å². The molecule has 6 rings (SSSR count). The van der Waals surface area contributed by atoms with Crippen molar-refractivity contribution in [1.29, 1.82) is 5.26 Å².